The van der Waals surface area contributed by atoms with Gasteiger partial charge in [-0.25, -0.2) is 4.79 Å². The van der Waals surface area contributed by atoms with E-state index in [1.165, 1.54) is 0 Å². The summed E-state index contributed by atoms with van der Waals surface area (Å²) >= 11 is 0. The van der Waals surface area contributed by atoms with Gasteiger partial charge in [-0.2, -0.15) is 0 Å². The van der Waals surface area contributed by atoms with Crippen molar-refractivity contribution in [2.45, 2.75) is 27.2 Å². The Kier molecular flexibility index (Phi) is 6.36. The van der Waals surface area contributed by atoms with Crippen LogP contribution in [0.2, 0.25) is 0 Å². The van der Waals surface area contributed by atoms with Gasteiger partial charge in [-0.3, -0.25) is 0 Å². The van der Waals surface area contributed by atoms with Crippen molar-refractivity contribution in [3.05, 3.63) is 29.3 Å². The molecular formula is C15H22O4. The molecule has 0 aliphatic carbocycles. The average molecular weight is 266 g/mol. The zero-order valence-electron chi connectivity index (χ0n) is 11.8. The second-order valence-electron chi connectivity index (χ2n) is 4.95. The number of aromatic carboxylic acids is 1. The minimum atomic E-state index is -0.976. The van der Waals surface area contributed by atoms with Crippen LogP contribution in [0.5, 0.6) is 5.75 Å². The fraction of sp³-hybridized carbons (Fsp3) is 0.533. The largest absolute Gasteiger partial charge is 0.490 e. The molecule has 1 rings (SSSR count). The number of hydrogen-bond donors (Lipinski definition) is 1. The second-order valence-corrected chi connectivity index (χ2v) is 4.95. The topological polar surface area (TPSA) is 55.8 Å². The smallest absolute Gasteiger partial charge is 0.339 e. The Morgan fingerprint density at radius 3 is 2.63 bits per heavy atom. The summed E-state index contributed by atoms with van der Waals surface area (Å²) < 4.78 is 10.9. The molecule has 0 radical (unpaired) electrons. The summed E-state index contributed by atoms with van der Waals surface area (Å²) in [6, 6.07) is 5.06. The van der Waals surface area contributed by atoms with Crippen molar-refractivity contribution in [1.82, 2.24) is 0 Å². The van der Waals surface area contributed by atoms with Crippen molar-refractivity contribution in [3.8, 4) is 5.75 Å². The normalized spacial score (nSPS) is 10.7. The molecule has 0 bridgehead atoms. The van der Waals surface area contributed by atoms with Crippen LogP contribution in [-0.4, -0.2) is 30.9 Å². The van der Waals surface area contributed by atoms with Gasteiger partial charge < -0.3 is 14.6 Å². The van der Waals surface area contributed by atoms with Crippen LogP contribution in [0.3, 0.4) is 0 Å². The van der Waals surface area contributed by atoms with Crippen LogP contribution in [-0.2, 0) is 4.74 Å². The Morgan fingerprint density at radius 2 is 2.00 bits per heavy atom. The molecule has 0 saturated heterocycles. The van der Waals surface area contributed by atoms with Gasteiger partial charge in [0.05, 0.1) is 6.61 Å². The van der Waals surface area contributed by atoms with Crippen molar-refractivity contribution in [3.63, 3.8) is 0 Å². The Balaban J connectivity index is 2.40. The SMILES string of the molecule is Cc1ccc(C(=O)O)c(OCCOCCC(C)C)c1. The molecule has 1 aromatic carbocycles. The van der Waals surface area contributed by atoms with Crippen molar-refractivity contribution < 1.29 is 19.4 Å². The van der Waals surface area contributed by atoms with Gasteiger partial charge in [-0.1, -0.05) is 19.9 Å². The van der Waals surface area contributed by atoms with Crippen molar-refractivity contribution in [2.75, 3.05) is 19.8 Å². The highest BCUT2D eigenvalue weighted by molar-refractivity contribution is 5.90. The van der Waals surface area contributed by atoms with Gasteiger partial charge in [0.15, 0.2) is 0 Å². The average Bonchev–Trinajstić information content (AvgIpc) is 2.33. The minimum absolute atomic E-state index is 0.188. The molecule has 0 fully saturated rings. The van der Waals surface area contributed by atoms with Crippen LogP contribution in [0.15, 0.2) is 18.2 Å². The molecule has 0 saturated carbocycles. The molecule has 0 heterocycles. The number of carboxylic acids is 1. The molecule has 0 aliphatic rings. The van der Waals surface area contributed by atoms with Crippen LogP contribution in [0.4, 0.5) is 0 Å². The van der Waals surface area contributed by atoms with E-state index in [2.05, 4.69) is 13.8 Å². The highest BCUT2D eigenvalue weighted by Gasteiger charge is 2.10. The number of carbonyl (C=O) groups is 1. The first-order valence-corrected chi connectivity index (χ1v) is 6.55. The van der Waals surface area contributed by atoms with Gasteiger partial charge in [-0.05, 0) is 37.0 Å². The molecule has 1 aromatic rings. The van der Waals surface area contributed by atoms with E-state index in [1.54, 1.807) is 18.2 Å². The van der Waals surface area contributed by atoms with Gasteiger partial charge in [-0.15, -0.1) is 0 Å². The van der Waals surface area contributed by atoms with Crippen LogP contribution < -0.4 is 4.74 Å². The quantitative estimate of drug-likeness (QED) is 0.734. The van der Waals surface area contributed by atoms with Gasteiger partial charge in [0, 0.05) is 6.61 Å². The van der Waals surface area contributed by atoms with Crippen molar-refractivity contribution in [2.24, 2.45) is 5.92 Å². The van der Waals surface area contributed by atoms with Gasteiger partial charge in [0.25, 0.3) is 0 Å². The van der Waals surface area contributed by atoms with E-state index < -0.39 is 5.97 Å². The number of ether oxygens (including phenoxy) is 2. The Labute approximate surface area is 114 Å². The summed E-state index contributed by atoms with van der Waals surface area (Å²) in [6.45, 7) is 7.73. The zero-order chi connectivity index (χ0) is 14.3. The zero-order valence-corrected chi connectivity index (χ0v) is 11.8. The van der Waals surface area contributed by atoms with Gasteiger partial charge in [0.1, 0.15) is 17.9 Å². The lowest BCUT2D eigenvalue weighted by Gasteiger charge is -2.11. The van der Waals surface area contributed by atoms with Crippen molar-refractivity contribution in [1.29, 1.82) is 0 Å². The lowest BCUT2D eigenvalue weighted by Crippen LogP contribution is -2.11. The molecule has 0 unspecified atom stereocenters. The van der Waals surface area contributed by atoms with Crippen LogP contribution in [0.1, 0.15) is 36.2 Å². The second kappa shape index (κ2) is 7.79. The third-order valence-corrected chi connectivity index (χ3v) is 2.69. The van der Waals surface area contributed by atoms with E-state index in [0.29, 0.717) is 31.5 Å². The summed E-state index contributed by atoms with van der Waals surface area (Å²) in [5.74, 6) is 0.0481. The predicted molar refractivity (Wildman–Crippen MR) is 73.9 cm³/mol. The lowest BCUT2D eigenvalue weighted by atomic mass is 10.1. The number of carboxylic acid groups (broad SMARTS) is 1. The molecule has 0 amide bonds. The number of rotatable bonds is 8. The molecule has 4 heteroatoms. The molecule has 0 aliphatic heterocycles. The van der Waals surface area contributed by atoms with E-state index in [-0.39, 0.29) is 5.56 Å². The number of benzene rings is 1. The van der Waals surface area contributed by atoms with Gasteiger partial charge in [0.2, 0.25) is 0 Å². The van der Waals surface area contributed by atoms with E-state index in [9.17, 15) is 4.79 Å². The fourth-order valence-corrected chi connectivity index (χ4v) is 1.56. The number of aryl methyl sites for hydroxylation is 1. The summed E-state index contributed by atoms with van der Waals surface area (Å²) in [5.41, 5.74) is 1.16. The summed E-state index contributed by atoms with van der Waals surface area (Å²) in [4.78, 5) is 11.0. The summed E-state index contributed by atoms with van der Waals surface area (Å²) in [7, 11) is 0. The molecule has 106 valence electrons. The van der Waals surface area contributed by atoms with E-state index in [4.69, 9.17) is 14.6 Å². The van der Waals surface area contributed by atoms with Crippen LogP contribution in [0.25, 0.3) is 0 Å². The molecule has 0 aromatic heterocycles. The van der Waals surface area contributed by atoms with Gasteiger partial charge >= 0.3 is 5.97 Å². The molecule has 19 heavy (non-hydrogen) atoms. The standard InChI is InChI=1S/C15H22O4/c1-11(2)6-7-18-8-9-19-14-10-12(3)4-5-13(14)15(16)17/h4-5,10-11H,6-9H2,1-3H3,(H,16,17). The molecule has 0 atom stereocenters. The fourth-order valence-electron chi connectivity index (χ4n) is 1.56. The molecule has 1 N–H and O–H groups in total. The maximum atomic E-state index is 11.0. The highest BCUT2D eigenvalue weighted by Crippen LogP contribution is 2.20. The van der Waals surface area contributed by atoms with E-state index in [0.717, 1.165) is 12.0 Å². The molecule has 4 nitrogen and oxygen atoms in total. The summed E-state index contributed by atoms with van der Waals surface area (Å²) in [5, 5.41) is 9.05. The Bertz CT molecular complexity index is 413. The number of hydrogen-bond acceptors (Lipinski definition) is 3. The molecular weight excluding hydrogens is 244 g/mol. The monoisotopic (exact) mass is 266 g/mol. The lowest BCUT2D eigenvalue weighted by molar-refractivity contribution is 0.0683. The predicted octanol–water partition coefficient (Wildman–Crippen LogP) is 3.13. The first kappa shape index (κ1) is 15.5. The minimum Gasteiger partial charge on any atom is -0.490 e. The maximum Gasteiger partial charge on any atom is 0.339 e. The maximum absolute atomic E-state index is 11.0. The van der Waals surface area contributed by atoms with E-state index >= 15 is 0 Å². The van der Waals surface area contributed by atoms with Crippen LogP contribution in [0, 0.1) is 12.8 Å². The van der Waals surface area contributed by atoms with Crippen LogP contribution >= 0.6 is 0 Å². The first-order valence-electron chi connectivity index (χ1n) is 6.55. The Hall–Kier alpha value is -1.55. The van der Waals surface area contributed by atoms with E-state index in [1.807, 2.05) is 6.92 Å². The Morgan fingerprint density at radius 1 is 1.26 bits per heavy atom. The summed E-state index contributed by atoms with van der Waals surface area (Å²) in [6.07, 6.45) is 1.02. The first-order chi connectivity index (χ1) is 9.00. The molecule has 0 spiro atoms. The van der Waals surface area contributed by atoms with Crippen molar-refractivity contribution >= 4 is 5.97 Å². The highest BCUT2D eigenvalue weighted by atomic mass is 16.5. The third kappa shape index (κ3) is 5.75. The third-order valence-electron chi connectivity index (χ3n) is 2.69.